The zero-order chi connectivity index (χ0) is 17.6. The molecule has 1 saturated heterocycles. The fourth-order valence-electron chi connectivity index (χ4n) is 4.07. The molecule has 0 spiro atoms. The molecule has 2 aliphatic rings. The van der Waals surface area contributed by atoms with Crippen LogP contribution in [0.1, 0.15) is 43.8 Å². The molecule has 140 valence electrons. The summed E-state index contributed by atoms with van der Waals surface area (Å²) in [7, 11) is 3.53. The molecule has 7 heteroatoms. The van der Waals surface area contributed by atoms with Crippen LogP contribution in [-0.2, 0) is 11.8 Å². The molecular weight excluding hydrogens is 318 g/mol. The first-order valence-corrected chi connectivity index (χ1v) is 9.45. The van der Waals surface area contributed by atoms with E-state index in [4.69, 9.17) is 4.74 Å². The highest BCUT2D eigenvalue weighted by Gasteiger charge is 2.28. The molecule has 1 aromatic rings. The molecule has 0 unspecified atom stereocenters. The number of amides is 2. The van der Waals surface area contributed by atoms with Gasteiger partial charge in [0, 0.05) is 52.6 Å². The maximum atomic E-state index is 12.7. The number of rotatable bonds is 5. The number of urea groups is 1. The average Bonchev–Trinajstić information content (AvgIpc) is 3.08. The Balaban J connectivity index is 1.52. The lowest BCUT2D eigenvalue weighted by atomic mass is 9.94. The third kappa shape index (κ3) is 4.52. The number of ether oxygens (including phenoxy) is 1. The lowest BCUT2D eigenvalue weighted by molar-refractivity contribution is 0.0872. The highest BCUT2D eigenvalue weighted by molar-refractivity contribution is 5.74. The number of methoxy groups -OCH3 is 1. The summed E-state index contributed by atoms with van der Waals surface area (Å²) in [5, 5.41) is 7.30. The molecule has 1 aromatic heterocycles. The fourth-order valence-corrected chi connectivity index (χ4v) is 4.07. The van der Waals surface area contributed by atoms with Crippen LogP contribution in [0.15, 0.2) is 12.3 Å². The Labute approximate surface area is 150 Å². The Kier molecular flexibility index (Phi) is 6.31. The first kappa shape index (κ1) is 18.2. The van der Waals surface area contributed by atoms with Gasteiger partial charge in [0.25, 0.3) is 0 Å². The summed E-state index contributed by atoms with van der Waals surface area (Å²) >= 11 is 0. The molecule has 7 nitrogen and oxygen atoms in total. The summed E-state index contributed by atoms with van der Waals surface area (Å²) in [5.41, 5.74) is 0.955. The molecule has 1 atom stereocenters. The van der Waals surface area contributed by atoms with Crippen molar-refractivity contribution in [1.29, 1.82) is 0 Å². The highest BCUT2D eigenvalue weighted by Crippen LogP contribution is 2.23. The molecule has 0 aromatic carbocycles. The molecule has 1 N–H and O–H groups in total. The first-order chi connectivity index (χ1) is 12.2. The van der Waals surface area contributed by atoms with Gasteiger partial charge in [-0.25, -0.2) is 4.79 Å². The average molecular weight is 349 g/mol. The third-order valence-electron chi connectivity index (χ3n) is 5.54. The van der Waals surface area contributed by atoms with Crippen molar-refractivity contribution in [2.24, 2.45) is 7.05 Å². The van der Waals surface area contributed by atoms with E-state index in [1.807, 2.05) is 18.0 Å². The quantitative estimate of drug-likeness (QED) is 0.880. The zero-order valence-electron chi connectivity index (χ0n) is 15.5. The molecule has 0 radical (unpaired) electrons. The summed E-state index contributed by atoms with van der Waals surface area (Å²) in [4.78, 5) is 17.2. The Morgan fingerprint density at radius 2 is 2.00 bits per heavy atom. The van der Waals surface area contributed by atoms with E-state index < -0.39 is 0 Å². The maximum Gasteiger partial charge on any atom is 0.318 e. The standard InChI is InChI=1S/C18H31N5O2/c1-21-17(8-9-19-21)16(14-25-2)20-18(24)23-12-10-22(11-13-23)15-6-4-3-5-7-15/h8-9,15-16H,3-7,10-14H2,1-2H3,(H,20,24)/t16-/m1/s1. The second-order valence-electron chi connectivity index (χ2n) is 7.15. The zero-order valence-corrected chi connectivity index (χ0v) is 15.5. The van der Waals surface area contributed by atoms with E-state index in [1.54, 1.807) is 18.0 Å². The van der Waals surface area contributed by atoms with Crippen molar-refractivity contribution in [1.82, 2.24) is 24.9 Å². The van der Waals surface area contributed by atoms with Gasteiger partial charge in [0.05, 0.1) is 18.3 Å². The summed E-state index contributed by atoms with van der Waals surface area (Å²) in [6, 6.07) is 2.47. The number of hydrogen-bond donors (Lipinski definition) is 1. The van der Waals surface area contributed by atoms with Gasteiger partial charge in [-0.2, -0.15) is 5.10 Å². The SMILES string of the molecule is COC[C@@H](NC(=O)N1CCN(C2CCCCC2)CC1)c1ccnn1C. The molecule has 0 bridgehead atoms. The van der Waals surface area contributed by atoms with Crippen LogP contribution >= 0.6 is 0 Å². The van der Waals surface area contributed by atoms with Gasteiger partial charge in [0.2, 0.25) is 0 Å². The van der Waals surface area contributed by atoms with Crippen molar-refractivity contribution in [3.63, 3.8) is 0 Å². The van der Waals surface area contributed by atoms with E-state index in [9.17, 15) is 4.79 Å². The van der Waals surface area contributed by atoms with Crippen LogP contribution < -0.4 is 5.32 Å². The molecule has 2 heterocycles. The third-order valence-corrected chi connectivity index (χ3v) is 5.54. The van der Waals surface area contributed by atoms with Crippen LogP contribution in [0.3, 0.4) is 0 Å². The first-order valence-electron chi connectivity index (χ1n) is 9.45. The van der Waals surface area contributed by atoms with Crippen molar-refractivity contribution in [3.8, 4) is 0 Å². The topological polar surface area (TPSA) is 62.6 Å². The lowest BCUT2D eigenvalue weighted by Gasteiger charge is -2.41. The molecular formula is C18H31N5O2. The van der Waals surface area contributed by atoms with Gasteiger partial charge < -0.3 is 15.0 Å². The van der Waals surface area contributed by atoms with Crippen molar-refractivity contribution in [2.75, 3.05) is 39.9 Å². The lowest BCUT2D eigenvalue weighted by Crippen LogP contribution is -2.55. The number of hydrogen-bond acceptors (Lipinski definition) is 4. The Hall–Kier alpha value is -1.60. The van der Waals surface area contributed by atoms with Gasteiger partial charge in [0.1, 0.15) is 0 Å². The Bertz CT molecular complexity index is 547. The minimum atomic E-state index is -0.179. The van der Waals surface area contributed by atoms with Crippen LogP contribution in [0.5, 0.6) is 0 Å². The monoisotopic (exact) mass is 349 g/mol. The maximum absolute atomic E-state index is 12.7. The van der Waals surface area contributed by atoms with Crippen LogP contribution in [-0.4, -0.2) is 71.5 Å². The van der Waals surface area contributed by atoms with Gasteiger partial charge in [-0.05, 0) is 18.9 Å². The molecule has 1 aliphatic carbocycles. The number of carbonyl (C=O) groups is 1. The second-order valence-corrected chi connectivity index (χ2v) is 7.15. The van der Waals surface area contributed by atoms with Gasteiger partial charge in [0.15, 0.2) is 0 Å². The van der Waals surface area contributed by atoms with E-state index in [0.717, 1.165) is 37.9 Å². The van der Waals surface area contributed by atoms with E-state index >= 15 is 0 Å². The van der Waals surface area contributed by atoms with Gasteiger partial charge in [-0.3, -0.25) is 9.58 Å². The summed E-state index contributed by atoms with van der Waals surface area (Å²) in [5.74, 6) is 0. The normalized spacial score (nSPS) is 21.3. The summed E-state index contributed by atoms with van der Waals surface area (Å²) < 4.78 is 7.07. The van der Waals surface area contributed by atoms with Gasteiger partial charge in [-0.1, -0.05) is 19.3 Å². The molecule has 1 saturated carbocycles. The minimum Gasteiger partial charge on any atom is -0.382 e. The van der Waals surface area contributed by atoms with Crippen molar-refractivity contribution >= 4 is 6.03 Å². The van der Waals surface area contributed by atoms with Crippen LogP contribution in [0.2, 0.25) is 0 Å². The van der Waals surface area contributed by atoms with Crippen LogP contribution in [0, 0.1) is 0 Å². The molecule has 2 fully saturated rings. The van der Waals surface area contributed by atoms with E-state index in [2.05, 4.69) is 15.3 Å². The Morgan fingerprint density at radius 1 is 1.28 bits per heavy atom. The van der Waals surface area contributed by atoms with Crippen LogP contribution in [0.25, 0.3) is 0 Å². The fraction of sp³-hybridized carbons (Fsp3) is 0.778. The van der Waals surface area contributed by atoms with Crippen LogP contribution in [0.4, 0.5) is 4.79 Å². The Morgan fingerprint density at radius 3 is 2.60 bits per heavy atom. The smallest absolute Gasteiger partial charge is 0.318 e. The molecule has 3 rings (SSSR count). The second kappa shape index (κ2) is 8.67. The predicted molar refractivity (Wildman–Crippen MR) is 96.4 cm³/mol. The van der Waals surface area contributed by atoms with Gasteiger partial charge in [-0.15, -0.1) is 0 Å². The van der Waals surface area contributed by atoms with Crippen molar-refractivity contribution in [3.05, 3.63) is 18.0 Å². The molecule has 1 aliphatic heterocycles. The van der Waals surface area contributed by atoms with E-state index in [0.29, 0.717) is 6.61 Å². The largest absolute Gasteiger partial charge is 0.382 e. The number of nitrogens with one attached hydrogen (secondary N) is 1. The number of aryl methyl sites for hydroxylation is 1. The predicted octanol–water partition coefficient (Wildman–Crippen LogP) is 1.77. The van der Waals surface area contributed by atoms with Gasteiger partial charge >= 0.3 is 6.03 Å². The number of nitrogens with zero attached hydrogens (tertiary/aromatic N) is 4. The summed E-state index contributed by atoms with van der Waals surface area (Å²) in [6.45, 7) is 4.01. The summed E-state index contributed by atoms with van der Waals surface area (Å²) in [6.07, 6.45) is 8.48. The van der Waals surface area contributed by atoms with Crippen molar-refractivity contribution in [2.45, 2.75) is 44.2 Å². The number of aromatic nitrogens is 2. The molecule has 2 amide bonds. The van der Waals surface area contributed by atoms with E-state index in [1.165, 1.54) is 32.1 Å². The van der Waals surface area contributed by atoms with Crippen molar-refractivity contribution < 1.29 is 9.53 Å². The number of carbonyl (C=O) groups excluding carboxylic acids is 1. The highest BCUT2D eigenvalue weighted by atomic mass is 16.5. The minimum absolute atomic E-state index is 0.00783. The number of piperazine rings is 1. The van der Waals surface area contributed by atoms with E-state index in [-0.39, 0.29) is 12.1 Å². The molecule has 25 heavy (non-hydrogen) atoms.